The van der Waals surface area contributed by atoms with Gasteiger partial charge in [-0.2, -0.15) is 0 Å². The number of anilines is 2. The second-order valence-electron chi connectivity index (χ2n) is 8.93. The van der Waals surface area contributed by atoms with Crippen LogP contribution in [0.5, 0.6) is 0 Å². The maximum absolute atomic E-state index is 14.9. The van der Waals surface area contributed by atoms with Crippen LogP contribution in [0.15, 0.2) is 42.5 Å². The quantitative estimate of drug-likeness (QED) is 0.475. The van der Waals surface area contributed by atoms with Crippen LogP contribution in [0.25, 0.3) is 10.4 Å². The molecule has 2 amide bonds. The Labute approximate surface area is 206 Å². The van der Waals surface area contributed by atoms with Gasteiger partial charge < -0.3 is 25.8 Å². The minimum atomic E-state index is -1.19. The van der Waals surface area contributed by atoms with Crippen molar-refractivity contribution in [2.45, 2.75) is 32.4 Å². The summed E-state index contributed by atoms with van der Waals surface area (Å²) in [5.41, 5.74) is 5.54. The summed E-state index contributed by atoms with van der Waals surface area (Å²) in [5, 5.41) is 13.6. The van der Waals surface area contributed by atoms with Crippen LogP contribution < -0.4 is 11.1 Å². The number of ether oxygens (including phenoxy) is 1. The summed E-state index contributed by atoms with van der Waals surface area (Å²) in [6.07, 6.45) is 0. The predicted molar refractivity (Wildman–Crippen MR) is 132 cm³/mol. The number of benzene rings is 1. The van der Waals surface area contributed by atoms with E-state index in [-0.39, 0.29) is 28.8 Å². The molecule has 0 bridgehead atoms. The second-order valence-corrected chi connectivity index (χ2v) is 9.98. The molecule has 1 aliphatic rings. The molecule has 1 atom stereocenters. The second kappa shape index (κ2) is 9.73. The maximum atomic E-state index is 14.9. The normalized spacial score (nSPS) is 16.3. The number of primary amides is 1. The number of morpholine rings is 1. The number of nitrogens with two attached hydrogens (primary N) is 1. The fourth-order valence-electron chi connectivity index (χ4n) is 3.81. The highest BCUT2D eigenvalue weighted by Gasteiger charge is 2.26. The number of amides is 2. The van der Waals surface area contributed by atoms with E-state index in [1.807, 2.05) is 6.92 Å². The van der Waals surface area contributed by atoms with Gasteiger partial charge in [-0.05, 0) is 50.6 Å². The van der Waals surface area contributed by atoms with Gasteiger partial charge in [0, 0.05) is 17.0 Å². The van der Waals surface area contributed by atoms with Crippen molar-refractivity contribution in [2.24, 2.45) is 5.73 Å². The zero-order chi connectivity index (χ0) is 25.3. The highest BCUT2D eigenvalue weighted by Crippen LogP contribution is 2.38. The van der Waals surface area contributed by atoms with Crippen LogP contribution in [0.1, 0.15) is 47.2 Å². The first-order valence-electron chi connectivity index (χ1n) is 11.1. The number of nitrogens with one attached hydrogen (secondary N) is 1. The Bertz CT molecular complexity index is 1270. The van der Waals surface area contributed by atoms with Crippen molar-refractivity contribution >= 4 is 34.0 Å². The first-order chi connectivity index (χ1) is 16.5. The standard InChI is InChI=1S/C25H27FN4O4S/c1-14-13-34-10-9-30(14)24(32)19-5-4-6-21(28-19)29-23-17(22(27)31)12-20(35-23)16-8-7-15(11-18(16)26)25(2,3)33/h4-8,11-12,14,33H,9-10,13H2,1-3H3,(H2,27,31)(H,28,29)/t14-/m1/s1. The molecule has 0 saturated carbocycles. The van der Waals surface area contributed by atoms with E-state index in [0.29, 0.717) is 41.0 Å². The van der Waals surface area contributed by atoms with Gasteiger partial charge in [0.1, 0.15) is 22.3 Å². The zero-order valence-electron chi connectivity index (χ0n) is 19.7. The Balaban J connectivity index is 1.63. The molecule has 1 aromatic carbocycles. The Hall–Kier alpha value is -3.34. The lowest BCUT2D eigenvalue weighted by Gasteiger charge is -2.33. The minimum Gasteiger partial charge on any atom is -0.386 e. The molecule has 35 heavy (non-hydrogen) atoms. The summed E-state index contributed by atoms with van der Waals surface area (Å²) in [4.78, 5) is 31.7. The molecule has 2 aromatic heterocycles. The Kier molecular flexibility index (Phi) is 6.88. The summed E-state index contributed by atoms with van der Waals surface area (Å²) in [7, 11) is 0. The molecule has 0 aliphatic carbocycles. The summed E-state index contributed by atoms with van der Waals surface area (Å²) >= 11 is 1.14. The van der Waals surface area contributed by atoms with E-state index in [0.717, 1.165) is 11.3 Å². The van der Waals surface area contributed by atoms with Crippen LogP contribution in [-0.4, -0.2) is 52.6 Å². The number of thiophene rings is 1. The van der Waals surface area contributed by atoms with E-state index in [9.17, 15) is 19.1 Å². The average Bonchev–Trinajstić information content (AvgIpc) is 3.22. The largest absolute Gasteiger partial charge is 0.386 e. The Morgan fingerprint density at radius 3 is 2.71 bits per heavy atom. The van der Waals surface area contributed by atoms with E-state index in [4.69, 9.17) is 10.5 Å². The molecular weight excluding hydrogens is 471 g/mol. The van der Waals surface area contributed by atoms with Crippen molar-refractivity contribution in [2.75, 3.05) is 25.1 Å². The van der Waals surface area contributed by atoms with Crippen molar-refractivity contribution in [3.63, 3.8) is 0 Å². The highest BCUT2D eigenvalue weighted by atomic mass is 32.1. The molecule has 3 aromatic rings. The van der Waals surface area contributed by atoms with Gasteiger partial charge in [-0.3, -0.25) is 9.59 Å². The first-order valence-corrected chi connectivity index (χ1v) is 12.0. The van der Waals surface area contributed by atoms with Crippen molar-refractivity contribution in [3.05, 3.63) is 65.1 Å². The Morgan fingerprint density at radius 2 is 2.06 bits per heavy atom. The molecule has 10 heteroatoms. The minimum absolute atomic E-state index is 0.0614. The van der Waals surface area contributed by atoms with E-state index < -0.39 is 17.3 Å². The van der Waals surface area contributed by atoms with Crippen LogP contribution in [-0.2, 0) is 10.3 Å². The molecule has 1 fully saturated rings. The monoisotopic (exact) mass is 498 g/mol. The molecule has 3 heterocycles. The van der Waals surface area contributed by atoms with Crippen LogP contribution >= 0.6 is 11.3 Å². The first kappa shape index (κ1) is 24.8. The third-order valence-electron chi connectivity index (χ3n) is 5.78. The molecule has 0 radical (unpaired) electrons. The molecule has 4 N–H and O–H groups in total. The molecule has 0 unspecified atom stereocenters. The lowest BCUT2D eigenvalue weighted by atomic mass is 9.96. The smallest absolute Gasteiger partial charge is 0.272 e. The SMILES string of the molecule is C[C@@H]1COCCN1C(=O)c1cccc(Nc2sc(-c3ccc(C(C)(C)O)cc3F)cc2C(N)=O)n1. The summed E-state index contributed by atoms with van der Waals surface area (Å²) in [5.74, 6) is -1.07. The van der Waals surface area contributed by atoms with Crippen molar-refractivity contribution in [1.29, 1.82) is 0 Å². The third-order valence-corrected chi connectivity index (χ3v) is 6.86. The van der Waals surface area contributed by atoms with Gasteiger partial charge >= 0.3 is 0 Å². The topological polar surface area (TPSA) is 118 Å². The van der Waals surface area contributed by atoms with Gasteiger partial charge in [0.05, 0.1) is 30.4 Å². The van der Waals surface area contributed by atoms with E-state index in [1.165, 1.54) is 12.1 Å². The van der Waals surface area contributed by atoms with Gasteiger partial charge in [0.15, 0.2) is 0 Å². The fourth-order valence-corrected chi connectivity index (χ4v) is 4.91. The Morgan fingerprint density at radius 1 is 1.29 bits per heavy atom. The molecule has 1 aliphatic heterocycles. The zero-order valence-corrected chi connectivity index (χ0v) is 20.5. The van der Waals surface area contributed by atoms with Gasteiger partial charge in [-0.1, -0.05) is 18.2 Å². The van der Waals surface area contributed by atoms with Gasteiger partial charge in [0.25, 0.3) is 11.8 Å². The van der Waals surface area contributed by atoms with Gasteiger partial charge in [-0.15, -0.1) is 11.3 Å². The molecule has 8 nitrogen and oxygen atoms in total. The number of carbonyl (C=O) groups is 2. The molecular formula is C25H27FN4O4S. The predicted octanol–water partition coefficient (Wildman–Crippen LogP) is 3.88. The number of hydrogen-bond donors (Lipinski definition) is 3. The van der Waals surface area contributed by atoms with E-state index in [2.05, 4.69) is 10.3 Å². The number of carbonyl (C=O) groups excluding carboxylic acids is 2. The number of aromatic nitrogens is 1. The van der Waals surface area contributed by atoms with Crippen LogP contribution in [0, 0.1) is 5.82 Å². The van der Waals surface area contributed by atoms with Crippen LogP contribution in [0.4, 0.5) is 15.2 Å². The maximum Gasteiger partial charge on any atom is 0.272 e. The number of halogens is 1. The van der Waals surface area contributed by atoms with Gasteiger partial charge in [-0.25, -0.2) is 9.37 Å². The lowest BCUT2D eigenvalue weighted by molar-refractivity contribution is 0.00328. The van der Waals surface area contributed by atoms with E-state index in [1.54, 1.807) is 49.1 Å². The summed E-state index contributed by atoms with van der Waals surface area (Å²) in [6.45, 7) is 6.49. The van der Waals surface area contributed by atoms with Crippen molar-refractivity contribution in [1.82, 2.24) is 9.88 Å². The average molecular weight is 499 g/mol. The fraction of sp³-hybridized carbons (Fsp3) is 0.320. The molecule has 4 rings (SSSR count). The highest BCUT2D eigenvalue weighted by molar-refractivity contribution is 7.20. The van der Waals surface area contributed by atoms with Crippen molar-refractivity contribution in [3.8, 4) is 10.4 Å². The number of nitrogens with zero attached hydrogens (tertiary/aromatic N) is 2. The number of rotatable bonds is 6. The molecule has 184 valence electrons. The summed E-state index contributed by atoms with van der Waals surface area (Å²) < 4.78 is 20.3. The van der Waals surface area contributed by atoms with E-state index >= 15 is 0 Å². The van der Waals surface area contributed by atoms with Gasteiger partial charge in [0.2, 0.25) is 0 Å². The number of aliphatic hydroxyl groups is 1. The number of hydrogen-bond acceptors (Lipinski definition) is 7. The molecule has 1 saturated heterocycles. The third kappa shape index (κ3) is 5.34. The lowest BCUT2D eigenvalue weighted by Crippen LogP contribution is -2.47. The van der Waals surface area contributed by atoms with Crippen LogP contribution in [0.3, 0.4) is 0 Å². The molecule has 0 spiro atoms. The number of pyridine rings is 1. The summed E-state index contributed by atoms with van der Waals surface area (Å²) in [6, 6.07) is 10.9. The van der Waals surface area contributed by atoms with Crippen molar-refractivity contribution < 1.29 is 23.8 Å². The van der Waals surface area contributed by atoms with Crippen LogP contribution in [0.2, 0.25) is 0 Å².